The number of unbranched alkanes of at least 4 members (excludes halogenated alkanes) is 21. The number of amides is 1. The first-order valence-corrected chi connectivity index (χ1v) is 21.5. The number of phosphoric acid groups is 1. The molecule has 0 aromatic rings. The number of carbonyl (C=O) groups excluding carboxylic acids is 1. The normalized spacial score (nSPS) is 14.7. The van der Waals surface area contributed by atoms with Crippen molar-refractivity contribution in [2.75, 3.05) is 40.9 Å². The molecule has 0 fully saturated rings. The molecule has 0 aromatic heterocycles. The molecule has 8 nitrogen and oxygen atoms in total. The molecule has 9 heteroatoms. The van der Waals surface area contributed by atoms with Crippen LogP contribution in [0.4, 0.5) is 0 Å². The number of nitrogens with zero attached hydrogens (tertiary/aromatic N) is 1. The molecular weight excluding hydrogens is 623 g/mol. The maximum absolute atomic E-state index is 12.8. The summed E-state index contributed by atoms with van der Waals surface area (Å²) in [6, 6.07) is -0.798. The second-order valence-electron chi connectivity index (χ2n) is 15.0. The quantitative estimate of drug-likeness (QED) is 0.0291. The van der Waals surface area contributed by atoms with Crippen molar-refractivity contribution in [3.8, 4) is 0 Å². The van der Waals surface area contributed by atoms with Gasteiger partial charge in [0.1, 0.15) is 13.2 Å². The molecule has 0 saturated carbocycles. The molecule has 0 spiro atoms. The maximum Gasteiger partial charge on any atom is 0.268 e. The molecule has 0 aliphatic rings. The Morgan fingerprint density at radius 3 is 1.62 bits per heavy atom. The van der Waals surface area contributed by atoms with E-state index in [1.54, 1.807) is 0 Å². The molecule has 0 heterocycles. The van der Waals surface area contributed by atoms with E-state index >= 15 is 0 Å². The van der Waals surface area contributed by atoms with Crippen molar-refractivity contribution in [3.05, 3.63) is 12.2 Å². The number of allylic oxidation sites excluding steroid dienone is 2. The molecule has 0 bridgehead atoms. The summed E-state index contributed by atoms with van der Waals surface area (Å²) >= 11 is 0. The first-order chi connectivity index (χ1) is 23.0. The molecule has 0 rings (SSSR count). The van der Waals surface area contributed by atoms with E-state index in [0.29, 0.717) is 23.9 Å². The van der Waals surface area contributed by atoms with Gasteiger partial charge in [-0.15, -0.1) is 0 Å². The smallest absolute Gasteiger partial charge is 0.268 e. The third-order valence-electron chi connectivity index (χ3n) is 9.00. The maximum atomic E-state index is 12.8. The van der Waals surface area contributed by atoms with Crippen LogP contribution in [0.5, 0.6) is 0 Å². The van der Waals surface area contributed by atoms with Crippen molar-refractivity contribution in [3.63, 3.8) is 0 Å². The van der Waals surface area contributed by atoms with Gasteiger partial charge in [0, 0.05) is 6.42 Å². The second-order valence-corrected chi connectivity index (χ2v) is 16.4. The standard InChI is InChI=1S/C39H79N2O6P/c1-6-8-10-12-14-16-18-20-21-23-25-27-29-31-33-39(43)40-37(36-47-48(44,45)46-35-34-41(3,4)5)38(42)32-30-28-26-24-22-19-17-15-13-11-9-7-2/h18,20,37-38,42H,6-17,19,21-36H2,1-5H3,(H-,40,43,44,45)/b20-18-. The molecule has 3 unspecified atom stereocenters. The van der Waals surface area contributed by atoms with Crippen LogP contribution in [0, 0.1) is 0 Å². The molecule has 3 atom stereocenters. The summed E-state index contributed by atoms with van der Waals surface area (Å²) in [6.07, 6.45) is 33.5. The highest BCUT2D eigenvalue weighted by molar-refractivity contribution is 7.45. The van der Waals surface area contributed by atoms with E-state index in [-0.39, 0.29) is 19.1 Å². The van der Waals surface area contributed by atoms with Gasteiger partial charge in [0.25, 0.3) is 7.82 Å². The predicted molar refractivity (Wildman–Crippen MR) is 201 cm³/mol. The Hall–Kier alpha value is -0.760. The summed E-state index contributed by atoms with van der Waals surface area (Å²) in [7, 11) is 1.30. The highest BCUT2D eigenvalue weighted by Gasteiger charge is 2.24. The minimum Gasteiger partial charge on any atom is -0.756 e. The van der Waals surface area contributed by atoms with E-state index in [9.17, 15) is 19.4 Å². The Morgan fingerprint density at radius 1 is 0.708 bits per heavy atom. The van der Waals surface area contributed by atoms with Gasteiger partial charge in [0.05, 0.1) is 39.9 Å². The zero-order chi connectivity index (χ0) is 35.8. The van der Waals surface area contributed by atoms with Gasteiger partial charge in [-0.05, 0) is 38.5 Å². The van der Waals surface area contributed by atoms with Crippen LogP contribution in [-0.2, 0) is 18.4 Å². The van der Waals surface area contributed by atoms with E-state index in [1.807, 2.05) is 21.1 Å². The van der Waals surface area contributed by atoms with Crippen molar-refractivity contribution in [1.29, 1.82) is 0 Å². The van der Waals surface area contributed by atoms with Gasteiger partial charge in [0.2, 0.25) is 5.91 Å². The Labute approximate surface area is 297 Å². The SMILES string of the molecule is CCCCCCC/C=C\CCCCCCCC(=O)NC(COP(=O)([O-])OCC[N+](C)(C)C)C(O)CCCCCCCCCCCCCC. The lowest BCUT2D eigenvalue weighted by molar-refractivity contribution is -0.870. The fraction of sp³-hybridized carbons (Fsp3) is 0.923. The number of carbonyl (C=O) groups is 1. The third-order valence-corrected chi connectivity index (χ3v) is 9.97. The van der Waals surface area contributed by atoms with Crippen LogP contribution in [0.3, 0.4) is 0 Å². The number of aliphatic hydroxyl groups excluding tert-OH is 1. The molecular formula is C39H79N2O6P. The van der Waals surface area contributed by atoms with Crippen LogP contribution in [-0.4, -0.2) is 68.5 Å². The second kappa shape index (κ2) is 32.2. The highest BCUT2D eigenvalue weighted by atomic mass is 31.2. The molecule has 1 amide bonds. The van der Waals surface area contributed by atoms with Gasteiger partial charge in [-0.2, -0.15) is 0 Å². The molecule has 0 aliphatic heterocycles. The van der Waals surface area contributed by atoms with Gasteiger partial charge in [-0.25, -0.2) is 0 Å². The highest BCUT2D eigenvalue weighted by Crippen LogP contribution is 2.38. The number of aliphatic hydroxyl groups is 1. The molecule has 48 heavy (non-hydrogen) atoms. The minimum atomic E-state index is -4.55. The van der Waals surface area contributed by atoms with Crippen molar-refractivity contribution in [2.24, 2.45) is 0 Å². The van der Waals surface area contributed by atoms with Crippen LogP contribution in [0.2, 0.25) is 0 Å². The van der Waals surface area contributed by atoms with Gasteiger partial charge in [0.15, 0.2) is 0 Å². The van der Waals surface area contributed by atoms with E-state index in [0.717, 1.165) is 51.4 Å². The van der Waals surface area contributed by atoms with Crippen molar-refractivity contribution in [1.82, 2.24) is 5.32 Å². The Kier molecular flexibility index (Phi) is 31.7. The monoisotopic (exact) mass is 703 g/mol. The topological polar surface area (TPSA) is 108 Å². The number of hydrogen-bond acceptors (Lipinski definition) is 6. The fourth-order valence-corrected chi connectivity index (χ4v) is 6.46. The number of quaternary nitrogens is 1. The van der Waals surface area contributed by atoms with Crippen LogP contribution >= 0.6 is 7.82 Å². The van der Waals surface area contributed by atoms with Gasteiger partial charge in [-0.3, -0.25) is 9.36 Å². The van der Waals surface area contributed by atoms with E-state index in [4.69, 9.17) is 9.05 Å². The van der Waals surface area contributed by atoms with Gasteiger partial charge < -0.3 is 28.8 Å². The molecule has 2 N–H and O–H groups in total. The Morgan fingerprint density at radius 2 is 1.15 bits per heavy atom. The third kappa shape index (κ3) is 33.7. The van der Waals surface area contributed by atoms with Crippen molar-refractivity contribution >= 4 is 13.7 Å². The molecule has 0 aromatic carbocycles. The average Bonchev–Trinajstić information content (AvgIpc) is 3.02. The summed E-state index contributed by atoms with van der Waals surface area (Å²) in [5.74, 6) is -0.175. The molecule has 0 aliphatic carbocycles. The number of likely N-dealkylation sites (N-methyl/N-ethyl adjacent to an activating group) is 1. The van der Waals surface area contributed by atoms with Crippen molar-refractivity contribution in [2.45, 2.75) is 193 Å². The van der Waals surface area contributed by atoms with Crippen LogP contribution in [0.25, 0.3) is 0 Å². The summed E-state index contributed by atoms with van der Waals surface area (Å²) in [6.45, 7) is 4.68. The number of nitrogens with one attached hydrogen (secondary N) is 1. The lowest BCUT2D eigenvalue weighted by Gasteiger charge is -2.30. The summed E-state index contributed by atoms with van der Waals surface area (Å²) in [5.41, 5.74) is 0. The number of rotatable bonds is 36. The Balaban J connectivity index is 4.45. The molecule has 0 saturated heterocycles. The summed E-state index contributed by atoms with van der Waals surface area (Å²) < 4.78 is 23.2. The zero-order valence-electron chi connectivity index (χ0n) is 32.2. The van der Waals surface area contributed by atoms with Gasteiger partial charge in [-0.1, -0.05) is 148 Å². The number of hydrogen-bond donors (Lipinski definition) is 2. The first-order valence-electron chi connectivity index (χ1n) is 20.0. The van der Waals surface area contributed by atoms with Crippen LogP contribution in [0.1, 0.15) is 181 Å². The predicted octanol–water partition coefficient (Wildman–Crippen LogP) is 9.78. The van der Waals surface area contributed by atoms with E-state index in [2.05, 4.69) is 31.3 Å². The fourth-order valence-electron chi connectivity index (χ4n) is 5.74. The van der Waals surface area contributed by atoms with E-state index < -0.39 is 20.0 Å². The zero-order valence-corrected chi connectivity index (χ0v) is 33.1. The molecule has 286 valence electrons. The molecule has 0 radical (unpaired) electrons. The Bertz CT molecular complexity index is 804. The van der Waals surface area contributed by atoms with Crippen molar-refractivity contribution < 1.29 is 32.9 Å². The van der Waals surface area contributed by atoms with Gasteiger partial charge >= 0.3 is 0 Å². The minimum absolute atomic E-state index is 0.0120. The summed E-state index contributed by atoms with van der Waals surface area (Å²) in [5, 5.41) is 13.8. The summed E-state index contributed by atoms with van der Waals surface area (Å²) in [4.78, 5) is 25.2. The van der Waals surface area contributed by atoms with Crippen LogP contribution < -0.4 is 10.2 Å². The lowest BCUT2D eigenvalue weighted by atomic mass is 10.0. The lowest BCUT2D eigenvalue weighted by Crippen LogP contribution is -2.46. The number of phosphoric ester groups is 1. The van der Waals surface area contributed by atoms with Crippen LogP contribution in [0.15, 0.2) is 12.2 Å². The largest absolute Gasteiger partial charge is 0.756 e. The average molecular weight is 703 g/mol. The van der Waals surface area contributed by atoms with E-state index in [1.165, 1.54) is 103 Å². The first kappa shape index (κ1) is 47.2.